The fourth-order valence-corrected chi connectivity index (χ4v) is 4.65. The van der Waals surface area contributed by atoms with Gasteiger partial charge in [0.1, 0.15) is 6.54 Å². The molecule has 0 unspecified atom stereocenters. The van der Waals surface area contributed by atoms with Gasteiger partial charge in [-0.05, 0) is 66.1 Å². The lowest BCUT2D eigenvalue weighted by molar-refractivity contribution is -0.121. The van der Waals surface area contributed by atoms with E-state index in [4.69, 9.17) is 0 Å². The molecule has 2 N–H and O–H groups in total. The number of carbonyl (C=O) groups is 1. The highest BCUT2D eigenvalue weighted by molar-refractivity contribution is 5.87. The maximum absolute atomic E-state index is 12.5. The average molecular weight is 433 g/mol. The molecule has 5 nitrogen and oxygen atoms in total. The Balaban J connectivity index is 1.31. The number of benzene rings is 2. The first kappa shape index (κ1) is 22.4. The Morgan fingerprint density at radius 3 is 2.47 bits per heavy atom. The minimum atomic E-state index is 0.0581. The van der Waals surface area contributed by atoms with Gasteiger partial charge < -0.3 is 20.1 Å². The monoisotopic (exact) mass is 432 g/mol. The number of carbonyl (C=O) groups excluding carboxylic acids is 1. The maximum atomic E-state index is 12.5. The van der Waals surface area contributed by atoms with Crippen molar-refractivity contribution in [1.82, 2.24) is 15.2 Å². The van der Waals surface area contributed by atoms with Crippen molar-refractivity contribution < 1.29 is 4.79 Å². The van der Waals surface area contributed by atoms with Crippen LogP contribution < -0.4 is 15.5 Å². The summed E-state index contributed by atoms with van der Waals surface area (Å²) in [6.07, 6.45) is 8.84. The highest BCUT2D eigenvalue weighted by Gasteiger charge is 2.12. The minimum Gasteiger partial charge on any atom is -0.378 e. The van der Waals surface area contributed by atoms with Crippen molar-refractivity contribution in [2.75, 3.05) is 38.6 Å². The van der Waals surface area contributed by atoms with E-state index in [1.165, 1.54) is 43.4 Å². The Bertz CT molecular complexity index is 1020. The number of hydrogen-bond acceptors (Lipinski definition) is 3. The van der Waals surface area contributed by atoms with Crippen LogP contribution >= 0.6 is 0 Å². The summed E-state index contributed by atoms with van der Waals surface area (Å²) in [5.41, 5.74) is 4.61. The zero-order valence-corrected chi connectivity index (χ0v) is 19.4. The third kappa shape index (κ3) is 5.71. The van der Waals surface area contributed by atoms with Gasteiger partial charge in [-0.15, -0.1) is 0 Å². The summed E-state index contributed by atoms with van der Waals surface area (Å²) in [5, 5.41) is 7.72. The number of fused-ring (bicyclic) bond motifs is 1. The van der Waals surface area contributed by atoms with E-state index in [0.717, 1.165) is 35.5 Å². The molecule has 4 rings (SSSR count). The summed E-state index contributed by atoms with van der Waals surface area (Å²) >= 11 is 0. The third-order valence-corrected chi connectivity index (χ3v) is 6.59. The first-order valence-electron chi connectivity index (χ1n) is 11.9. The smallest absolute Gasteiger partial charge is 0.239 e. The summed E-state index contributed by atoms with van der Waals surface area (Å²) in [4.78, 5) is 14.6. The zero-order chi connectivity index (χ0) is 22.3. The predicted octanol–water partition coefficient (Wildman–Crippen LogP) is 4.66. The first-order chi connectivity index (χ1) is 15.6. The number of nitrogens with zero attached hydrogens (tertiary/aromatic N) is 2. The lowest BCUT2D eigenvalue weighted by Crippen LogP contribution is -2.35. The van der Waals surface area contributed by atoms with Crippen LogP contribution in [0.3, 0.4) is 0 Å². The molecule has 1 aliphatic rings. The molecule has 5 heteroatoms. The van der Waals surface area contributed by atoms with Crippen molar-refractivity contribution in [3.63, 3.8) is 0 Å². The van der Waals surface area contributed by atoms with Crippen molar-refractivity contribution in [2.24, 2.45) is 5.92 Å². The van der Waals surface area contributed by atoms with Gasteiger partial charge in [0.2, 0.25) is 5.91 Å². The van der Waals surface area contributed by atoms with E-state index in [0.29, 0.717) is 13.1 Å². The molecular weight excluding hydrogens is 396 g/mol. The van der Waals surface area contributed by atoms with Gasteiger partial charge in [0.05, 0.1) is 0 Å². The second-order valence-corrected chi connectivity index (χ2v) is 9.22. The molecule has 1 amide bonds. The van der Waals surface area contributed by atoms with Gasteiger partial charge in [0.15, 0.2) is 0 Å². The summed E-state index contributed by atoms with van der Waals surface area (Å²) in [6, 6.07) is 17.1. The van der Waals surface area contributed by atoms with Crippen LogP contribution in [0.4, 0.5) is 5.69 Å². The fraction of sp³-hybridized carbons (Fsp3) is 0.444. The number of anilines is 1. The van der Waals surface area contributed by atoms with Crippen LogP contribution in [0.1, 0.15) is 32.1 Å². The van der Waals surface area contributed by atoms with Crippen molar-refractivity contribution in [2.45, 2.75) is 38.6 Å². The first-order valence-corrected chi connectivity index (χ1v) is 11.9. The zero-order valence-electron chi connectivity index (χ0n) is 19.4. The molecule has 1 fully saturated rings. The van der Waals surface area contributed by atoms with Gasteiger partial charge in [-0.25, -0.2) is 0 Å². The molecule has 1 aliphatic carbocycles. The van der Waals surface area contributed by atoms with Crippen molar-refractivity contribution in [1.29, 1.82) is 0 Å². The van der Waals surface area contributed by atoms with Crippen LogP contribution in [-0.2, 0) is 11.3 Å². The lowest BCUT2D eigenvalue weighted by Gasteiger charge is -2.21. The highest BCUT2D eigenvalue weighted by atomic mass is 16.1. The Hall–Kier alpha value is -2.79. The summed E-state index contributed by atoms with van der Waals surface area (Å²) in [6.45, 7) is 2.93. The second-order valence-electron chi connectivity index (χ2n) is 9.22. The van der Waals surface area contributed by atoms with Crippen LogP contribution in [0.25, 0.3) is 22.0 Å². The molecular formula is C27H36N4O. The number of amides is 1. The average Bonchev–Trinajstić information content (AvgIpc) is 3.21. The van der Waals surface area contributed by atoms with Gasteiger partial charge in [0, 0.05) is 44.6 Å². The van der Waals surface area contributed by atoms with Gasteiger partial charge >= 0.3 is 0 Å². The number of nitrogens with one attached hydrogen (secondary N) is 2. The van der Waals surface area contributed by atoms with E-state index in [-0.39, 0.29) is 5.91 Å². The van der Waals surface area contributed by atoms with Gasteiger partial charge in [-0.3, -0.25) is 4.79 Å². The molecule has 170 valence electrons. The van der Waals surface area contributed by atoms with E-state index in [2.05, 4.69) is 64.1 Å². The van der Waals surface area contributed by atoms with Crippen molar-refractivity contribution in [3.05, 3.63) is 54.7 Å². The summed E-state index contributed by atoms with van der Waals surface area (Å²) in [7, 11) is 4.09. The van der Waals surface area contributed by atoms with Gasteiger partial charge in [0.25, 0.3) is 0 Å². The Morgan fingerprint density at radius 1 is 0.969 bits per heavy atom. The number of hydrogen-bond donors (Lipinski definition) is 2. The molecule has 0 atom stereocenters. The molecule has 0 spiro atoms. The van der Waals surface area contributed by atoms with Crippen LogP contribution in [0.15, 0.2) is 54.7 Å². The molecule has 3 aromatic rings. The largest absolute Gasteiger partial charge is 0.378 e. The SMILES string of the molecule is CN(C)c1ccc(-c2ccc3ccn(CC(=O)NCCNCC4CCCCC4)c3c2)cc1. The Kier molecular flexibility index (Phi) is 7.48. The molecule has 1 aromatic heterocycles. The molecule has 32 heavy (non-hydrogen) atoms. The van der Waals surface area contributed by atoms with Gasteiger partial charge in [-0.1, -0.05) is 43.5 Å². The van der Waals surface area contributed by atoms with Gasteiger partial charge in [-0.2, -0.15) is 0 Å². The normalized spacial score (nSPS) is 14.6. The highest BCUT2D eigenvalue weighted by Crippen LogP contribution is 2.27. The second kappa shape index (κ2) is 10.7. The quantitative estimate of drug-likeness (QED) is 0.484. The van der Waals surface area contributed by atoms with E-state index in [1.807, 2.05) is 24.9 Å². The third-order valence-electron chi connectivity index (χ3n) is 6.59. The summed E-state index contributed by atoms with van der Waals surface area (Å²) in [5.74, 6) is 0.877. The number of aromatic nitrogens is 1. The number of rotatable bonds is 9. The molecule has 0 saturated heterocycles. The van der Waals surface area contributed by atoms with E-state index < -0.39 is 0 Å². The Labute approximate surface area is 191 Å². The van der Waals surface area contributed by atoms with E-state index in [9.17, 15) is 4.79 Å². The van der Waals surface area contributed by atoms with E-state index >= 15 is 0 Å². The maximum Gasteiger partial charge on any atom is 0.239 e. The van der Waals surface area contributed by atoms with Crippen molar-refractivity contribution >= 4 is 22.5 Å². The fourth-order valence-electron chi connectivity index (χ4n) is 4.65. The van der Waals surface area contributed by atoms with Crippen LogP contribution in [0.2, 0.25) is 0 Å². The minimum absolute atomic E-state index is 0.0581. The van der Waals surface area contributed by atoms with Crippen molar-refractivity contribution in [3.8, 4) is 11.1 Å². The molecule has 0 aliphatic heterocycles. The predicted molar refractivity (Wildman–Crippen MR) is 134 cm³/mol. The molecule has 1 heterocycles. The summed E-state index contributed by atoms with van der Waals surface area (Å²) < 4.78 is 2.04. The lowest BCUT2D eigenvalue weighted by atomic mass is 9.89. The van der Waals surface area contributed by atoms with E-state index in [1.54, 1.807) is 0 Å². The standard InChI is InChI=1S/C27H36N4O/c1-30(2)25-12-10-22(11-13-25)24-9-8-23-14-17-31(26(23)18-24)20-27(32)29-16-15-28-19-21-6-4-3-5-7-21/h8-14,17-18,21,28H,3-7,15-16,19-20H2,1-2H3,(H,29,32). The van der Waals surface area contributed by atoms with Crippen LogP contribution in [0.5, 0.6) is 0 Å². The van der Waals surface area contributed by atoms with Crippen LogP contribution in [-0.4, -0.2) is 44.2 Å². The topological polar surface area (TPSA) is 49.3 Å². The Morgan fingerprint density at radius 2 is 1.72 bits per heavy atom. The molecule has 0 radical (unpaired) electrons. The molecule has 0 bridgehead atoms. The van der Waals surface area contributed by atoms with Crippen LogP contribution in [0, 0.1) is 5.92 Å². The molecule has 2 aromatic carbocycles. The molecule has 1 saturated carbocycles.